The highest BCUT2D eigenvalue weighted by Crippen LogP contribution is 2.23. The summed E-state index contributed by atoms with van der Waals surface area (Å²) in [6.07, 6.45) is -0.413. The second-order valence-corrected chi connectivity index (χ2v) is 6.10. The predicted octanol–water partition coefficient (Wildman–Crippen LogP) is 2.16. The molecule has 6 heteroatoms. The maximum absolute atomic E-state index is 10.4. The summed E-state index contributed by atoms with van der Waals surface area (Å²) < 4.78 is 1.51. The lowest BCUT2D eigenvalue weighted by molar-refractivity contribution is -0.139. The van der Waals surface area contributed by atoms with Gasteiger partial charge in [-0.2, -0.15) is 2.95 Å². The van der Waals surface area contributed by atoms with E-state index in [0.29, 0.717) is 12.3 Å². The number of carbonyl (C=O) groups is 1. The highest BCUT2D eigenvalue weighted by molar-refractivity contribution is 9.21. The van der Waals surface area contributed by atoms with Crippen LogP contribution in [-0.2, 0) is 4.79 Å². The van der Waals surface area contributed by atoms with Gasteiger partial charge >= 0.3 is 5.97 Å². The van der Waals surface area contributed by atoms with Gasteiger partial charge in [-0.3, -0.25) is 4.79 Å². The fraction of sp³-hybridized carbons (Fsp3) is 0.875. The van der Waals surface area contributed by atoms with Crippen molar-refractivity contribution in [1.29, 1.82) is 0 Å². The lowest BCUT2D eigenvalue weighted by atomic mass is 9.98. The topological polar surface area (TPSA) is 60.8 Å². The van der Waals surface area contributed by atoms with Gasteiger partial charge in [0.05, 0.1) is 18.6 Å². The second kappa shape index (κ2) is 6.76. The molecule has 0 amide bonds. The van der Waals surface area contributed by atoms with E-state index >= 15 is 0 Å². The number of carboxylic acids is 1. The molecule has 0 aromatic carbocycles. The highest BCUT2D eigenvalue weighted by atomic mass is 79.9. The van der Waals surface area contributed by atoms with Crippen molar-refractivity contribution in [2.45, 2.75) is 38.8 Å². The molecule has 0 heterocycles. The van der Waals surface area contributed by atoms with Gasteiger partial charge in [0.2, 0.25) is 0 Å². The molecule has 0 aromatic heterocycles. The summed E-state index contributed by atoms with van der Waals surface area (Å²) in [7, 11) is 0. The fourth-order valence-corrected chi connectivity index (χ4v) is 2.04. The summed E-state index contributed by atoms with van der Waals surface area (Å²) in [5, 5.41) is 18.2. The van der Waals surface area contributed by atoms with Gasteiger partial charge in [0.25, 0.3) is 0 Å². The van der Waals surface area contributed by atoms with Gasteiger partial charge in [-0.05, 0) is 12.3 Å². The SMILES string of the molecule is CC(C)C[C@@H]([C@@H](O)CC(=O)O)N(Br)Br. The van der Waals surface area contributed by atoms with Crippen molar-refractivity contribution in [3.05, 3.63) is 0 Å². The quantitative estimate of drug-likeness (QED) is 0.732. The van der Waals surface area contributed by atoms with Crippen molar-refractivity contribution in [2.24, 2.45) is 5.92 Å². The number of hydrogen-bond acceptors (Lipinski definition) is 3. The van der Waals surface area contributed by atoms with Gasteiger partial charge in [-0.25, -0.2) is 0 Å². The summed E-state index contributed by atoms with van der Waals surface area (Å²) in [6, 6.07) is -0.244. The third-order valence-corrected chi connectivity index (χ3v) is 2.84. The van der Waals surface area contributed by atoms with Crippen LogP contribution in [0.2, 0.25) is 0 Å². The molecule has 4 nitrogen and oxygen atoms in total. The Morgan fingerprint density at radius 3 is 2.21 bits per heavy atom. The van der Waals surface area contributed by atoms with Gasteiger partial charge in [0, 0.05) is 32.3 Å². The average molecular weight is 333 g/mol. The molecule has 0 fully saturated rings. The largest absolute Gasteiger partial charge is 0.481 e. The van der Waals surface area contributed by atoms with Crippen molar-refractivity contribution >= 4 is 38.3 Å². The lowest BCUT2D eigenvalue weighted by Crippen LogP contribution is -2.36. The molecule has 2 atom stereocenters. The summed E-state index contributed by atoms with van der Waals surface area (Å²) in [4.78, 5) is 10.4. The first-order valence-electron chi connectivity index (χ1n) is 4.35. The van der Waals surface area contributed by atoms with Crippen molar-refractivity contribution in [3.63, 3.8) is 0 Å². The van der Waals surface area contributed by atoms with Crippen LogP contribution < -0.4 is 0 Å². The standard InChI is InChI=1S/C8H15Br2NO3/c1-5(2)3-6(11(9)10)7(12)4-8(13)14/h5-7,12H,3-4H2,1-2H3,(H,13,14)/t6-,7-/m0/s1. The molecule has 0 radical (unpaired) electrons. The minimum absolute atomic E-state index is 0.244. The van der Waals surface area contributed by atoms with Gasteiger partial charge in [-0.15, -0.1) is 0 Å². The van der Waals surface area contributed by atoms with Crippen molar-refractivity contribution < 1.29 is 15.0 Å². The normalized spacial score (nSPS) is 15.9. The number of hydrogen-bond donors (Lipinski definition) is 2. The Bertz CT molecular complexity index is 187. The first-order chi connectivity index (χ1) is 6.34. The van der Waals surface area contributed by atoms with E-state index in [2.05, 4.69) is 32.3 Å². The van der Waals surface area contributed by atoms with E-state index < -0.39 is 12.1 Å². The number of halogens is 2. The Morgan fingerprint density at radius 2 is 1.93 bits per heavy atom. The Labute approximate surface area is 101 Å². The Balaban J connectivity index is 4.25. The number of aliphatic hydroxyl groups is 1. The van der Waals surface area contributed by atoms with Crippen LogP contribution in [-0.4, -0.2) is 31.3 Å². The molecule has 0 rings (SSSR count). The zero-order valence-corrected chi connectivity index (χ0v) is 11.3. The van der Waals surface area contributed by atoms with E-state index in [1.165, 1.54) is 2.95 Å². The average Bonchev–Trinajstić information content (AvgIpc) is 1.97. The van der Waals surface area contributed by atoms with Crippen molar-refractivity contribution in [2.75, 3.05) is 0 Å². The van der Waals surface area contributed by atoms with Crippen LogP contribution in [0.1, 0.15) is 26.7 Å². The molecule has 84 valence electrons. The van der Waals surface area contributed by atoms with E-state index in [4.69, 9.17) is 5.11 Å². The van der Waals surface area contributed by atoms with Crippen LogP contribution in [0.5, 0.6) is 0 Å². The molecule has 0 saturated heterocycles. The number of aliphatic carboxylic acids is 1. The van der Waals surface area contributed by atoms with Crippen LogP contribution in [0, 0.1) is 5.92 Å². The number of carboxylic acid groups (broad SMARTS) is 1. The van der Waals surface area contributed by atoms with Crippen LogP contribution in [0.15, 0.2) is 0 Å². The number of rotatable bonds is 6. The molecule has 0 saturated carbocycles. The van der Waals surface area contributed by atoms with E-state index in [0.717, 1.165) is 0 Å². The first kappa shape index (κ1) is 14.3. The number of aliphatic hydroxyl groups excluding tert-OH is 1. The van der Waals surface area contributed by atoms with Gasteiger partial charge in [0.15, 0.2) is 0 Å². The summed E-state index contributed by atoms with van der Waals surface area (Å²) in [5.74, 6) is -0.603. The fourth-order valence-electron chi connectivity index (χ4n) is 1.16. The van der Waals surface area contributed by atoms with E-state index in [1.54, 1.807) is 0 Å². The van der Waals surface area contributed by atoms with Crippen molar-refractivity contribution in [1.82, 2.24) is 2.95 Å². The molecule has 0 aromatic rings. The van der Waals surface area contributed by atoms with Crippen LogP contribution >= 0.6 is 32.3 Å². The third-order valence-electron chi connectivity index (χ3n) is 1.79. The molecule has 2 N–H and O–H groups in total. The molecule has 0 bridgehead atoms. The highest BCUT2D eigenvalue weighted by Gasteiger charge is 2.26. The zero-order valence-electron chi connectivity index (χ0n) is 8.15. The lowest BCUT2D eigenvalue weighted by Gasteiger charge is -2.26. The Kier molecular flexibility index (Phi) is 6.93. The van der Waals surface area contributed by atoms with E-state index in [-0.39, 0.29) is 12.5 Å². The monoisotopic (exact) mass is 331 g/mol. The van der Waals surface area contributed by atoms with Crippen LogP contribution in [0.3, 0.4) is 0 Å². The predicted molar refractivity (Wildman–Crippen MR) is 61.2 cm³/mol. The maximum atomic E-state index is 10.4. The Hall–Kier alpha value is 0.350. The molecule has 0 unspecified atom stereocenters. The molecular formula is C8H15Br2NO3. The molecule has 14 heavy (non-hydrogen) atoms. The molecule has 0 aliphatic heterocycles. The minimum atomic E-state index is -0.992. The maximum Gasteiger partial charge on any atom is 0.306 e. The van der Waals surface area contributed by atoms with Gasteiger partial charge in [0.1, 0.15) is 0 Å². The third kappa shape index (κ3) is 5.95. The molecule has 0 aliphatic rings. The molecule has 0 aliphatic carbocycles. The van der Waals surface area contributed by atoms with Crippen LogP contribution in [0.25, 0.3) is 0 Å². The molecular weight excluding hydrogens is 318 g/mol. The molecule has 0 spiro atoms. The van der Waals surface area contributed by atoms with Crippen molar-refractivity contribution in [3.8, 4) is 0 Å². The number of nitrogens with zero attached hydrogens (tertiary/aromatic N) is 1. The Morgan fingerprint density at radius 1 is 1.43 bits per heavy atom. The first-order valence-corrected chi connectivity index (χ1v) is 5.77. The second-order valence-electron chi connectivity index (χ2n) is 3.62. The summed E-state index contributed by atoms with van der Waals surface area (Å²) in [5.41, 5.74) is 0. The van der Waals surface area contributed by atoms with Gasteiger partial charge in [-0.1, -0.05) is 13.8 Å². The smallest absolute Gasteiger partial charge is 0.306 e. The minimum Gasteiger partial charge on any atom is -0.481 e. The zero-order chi connectivity index (χ0) is 11.3. The van der Waals surface area contributed by atoms with E-state index in [9.17, 15) is 9.90 Å². The summed E-state index contributed by atoms with van der Waals surface area (Å²) in [6.45, 7) is 4.04. The van der Waals surface area contributed by atoms with Gasteiger partial charge < -0.3 is 10.2 Å². The van der Waals surface area contributed by atoms with Crippen LogP contribution in [0.4, 0.5) is 0 Å². The van der Waals surface area contributed by atoms with E-state index in [1.807, 2.05) is 13.8 Å². The summed E-state index contributed by atoms with van der Waals surface area (Å²) >= 11 is 6.31.